The summed E-state index contributed by atoms with van der Waals surface area (Å²) in [4.78, 5) is 16.0. The first-order valence-corrected chi connectivity index (χ1v) is 7.04. The van der Waals surface area contributed by atoms with Crippen molar-refractivity contribution in [2.75, 3.05) is 13.1 Å². The third kappa shape index (κ3) is 5.96. The Kier molecular flexibility index (Phi) is 5.31. The highest BCUT2D eigenvalue weighted by Gasteiger charge is 2.18. The van der Waals surface area contributed by atoms with Gasteiger partial charge in [-0.1, -0.05) is 18.7 Å². The lowest BCUT2D eigenvalue weighted by atomic mass is 10.1. The van der Waals surface area contributed by atoms with Crippen LogP contribution in [0.5, 0.6) is 0 Å². The molecule has 0 aromatic rings. The molecule has 1 rings (SSSR count). The van der Waals surface area contributed by atoms with E-state index in [0.717, 1.165) is 18.1 Å². The third-order valence-corrected chi connectivity index (χ3v) is 3.63. The average Bonchev–Trinajstić information content (AvgIpc) is 2.63. The lowest BCUT2D eigenvalue weighted by molar-refractivity contribution is -0.122. The van der Waals surface area contributed by atoms with Gasteiger partial charge in [0.15, 0.2) is 5.17 Å². The molecule has 1 aliphatic heterocycles. The molecule has 1 amide bonds. The summed E-state index contributed by atoms with van der Waals surface area (Å²) in [6.45, 7) is 9.69. The van der Waals surface area contributed by atoms with Gasteiger partial charge in [-0.15, -0.1) is 0 Å². The molecule has 0 aromatic heterocycles. The number of nitrogens with zero attached hydrogens (tertiary/aromatic N) is 1. The molecule has 0 bridgehead atoms. The zero-order valence-corrected chi connectivity index (χ0v) is 12.0. The molecule has 0 saturated carbocycles. The Bertz CT molecular complexity index is 297. The molecule has 1 atom stereocenters. The van der Waals surface area contributed by atoms with Crippen molar-refractivity contribution in [2.24, 2.45) is 4.99 Å². The van der Waals surface area contributed by atoms with Gasteiger partial charge in [0, 0.05) is 23.8 Å². The van der Waals surface area contributed by atoms with Crippen molar-refractivity contribution in [3.05, 3.63) is 0 Å². The monoisotopic (exact) mass is 257 g/mol. The standard InChI is InChI=1S/C12H23N3OS/c1-5-9-8-14-11(17-9)13-7-6-10(16)15-12(2,3)4/h9H,5-8H2,1-4H3,(H,13,14)(H,15,16). The summed E-state index contributed by atoms with van der Waals surface area (Å²) in [7, 11) is 0. The number of amides is 1. The zero-order chi connectivity index (χ0) is 12.9. The van der Waals surface area contributed by atoms with Gasteiger partial charge in [-0.05, 0) is 27.2 Å². The quantitative estimate of drug-likeness (QED) is 0.807. The third-order valence-electron chi connectivity index (χ3n) is 2.31. The normalized spacial score (nSPS) is 20.0. The molecule has 0 fully saturated rings. The second-order valence-corrected chi connectivity index (χ2v) is 6.56. The zero-order valence-electron chi connectivity index (χ0n) is 11.2. The summed E-state index contributed by atoms with van der Waals surface area (Å²) in [6, 6.07) is 0. The molecular weight excluding hydrogens is 234 g/mol. The van der Waals surface area contributed by atoms with Gasteiger partial charge in [0.2, 0.25) is 5.91 Å². The van der Waals surface area contributed by atoms with Gasteiger partial charge in [0.1, 0.15) is 0 Å². The van der Waals surface area contributed by atoms with Crippen molar-refractivity contribution in [1.29, 1.82) is 0 Å². The molecular formula is C12H23N3OS. The number of carbonyl (C=O) groups excluding carboxylic acids is 1. The summed E-state index contributed by atoms with van der Waals surface area (Å²) in [5, 5.41) is 7.75. The van der Waals surface area contributed by atoms with E-state index < -0.39 is 0 Å². The molecule has 0 aromatic carbocycles. The Balaban J connectivity index is 2.14. The molecule has 1 unspecified atom stereocenters. The van der Waals surface area contributed by atoms with Crippen LogP contribution in [0.15, 0.2) is 4.99 Å². The number of hydrogen-bond donors (Lipinski definition) is 2. The first kappa shape index (κ1) is 14.4. The van der Waals surface area contributed by atoms with E-state index in [0.29, 0.717) is 18.2 Å². The number of nitrogens with one attached hydrogen (secondary N) is 2. The van der Waals surface area contributed by atoms with Crippen LogP contribution in [-0.4, -0.2) is 35.0 Å². The minimum atomic E-state index is -0.149. The van der Waals surface area contributed by atoms with E-state index in [1.165, 1.54) is 0 Å². The molecule has 1 heterocycles. The maximum atomic E-state index is 11.6. The number of amidine groups is 1. The lowest BCUT2D eigenvalue weighted by Crippen LogP contribution is -2.41. The number of hydrogen-bond acceptors (Lipinski definition) is 4. The first-order chi connectivity index (χ1) is 7.90. The van der Waals surface area contributed by atoms with E-state index in [1.54, 1.807) is 11.8 Å². The van der Waals surface area contributed by atoms with Crippen molar-refractivity contribution < 1.29 is 4.79 Å². The van der Waals surface area contributed by atoms with Gasteiger partial charge >= 0.3 is 0 Å². The van der Waals surface area contributed by atoms with E-state index in [2.05, 4.69) is 22.5 Å². The Morgan fingerprint density at radius 2 is 2.24 bits per heavy atom. The summed E-state index contributed by atoms with van der Waals surface area (Å²) >= 11 is 1.78. The summed E-state index contributed by atoms with van der Waals surface area (Å²) in [6.07, 6.45) is 1.64. The van der Waals surface area contributed by atoms with Gasteiger partial charge in [-0.25, -0.2) is 0 Å². The van der Waals surface area contributed by atoms with Gasteiger partial charge < -0.3 is 10.6 Å². The first-order valence-electron chi connectivity index (χ1n) is 6.16. The van der Waals surface area contributed by atoms with Crippen molar-refractivity contribution >= 4 is 22.8 Å². The van der Waals surface area contributed by atoms with Crippen LogP contribution >= 0.6 is 11.8 Å². The fourth-order valence-electron chi connectivity index (χ4n) is 1.49. The predicted octanol–water partition coefficient (Wildman–Crippen LogP) is 1.76. The summed E-state index contributed by atoms with van der Waals surface area (Å²) in [5.41, 5.74) is -0.149. The summed E-state index contributed by atoms with van der Waals surface area (Å²) < 4.78 is 0. The van der Waals surface area contributed by atoms with Crippen molar-refractivity contribution in [3.63, 3.8) is 0 Å². The van der Waals surface area contributed by atoms with E-state index >= 15 is 0 Å². The van der Waals surface area contributed by atoms with Crippen LogP contribution in [0.4, 0.5) is 0 Å². The van der Waals surface area contributed by atoms with Crippen LogP contribution in [0.3, 0.4) is 0 Å². The molecule has 0 saturated heterocycles. The Morgan fingerprint density at radius 1 is 1.53 bits per heavy atom. The molecule has 2 N–H and O–H groups in total. The van der Waals surface area contributed by atoms with Gasteiger partial charge in [0.25, 0.3) is 0 Å². The van der Waals surface area contributed by atoms with Gasteiger partial charge in [-0.2, -0.15) is 0 Å². The van der Waals surface area contributed by atoms with E-state index in [1.807, 2.05) is 20.8 Å². The van der Waals surface area contributed by atoms with Crippen LogP contribution < -0.4 is 10.6 Å². The molecule has 5 heteroatoms. The predicted molar refractivity (Wildman–Crippen MR) is 74.5 cm³/mol. The SMILES string of the molecule is CCC1CN=C(NCCC(=O)NC(C)(C)C)S1. The van der Waals surface area contributed by atoms with E-state index in [-0.39, 0.29) is 11.4 Å². The maximum absolute atomic E-state index is 11.6. The summed E-state index contributed by atoms with van der Waals surface area (Å²) in [5.74, 6) is 0.0839. The molecule has 1 aliphatic rings. The maximum Gasteiger partial charge on any atom is 0.222 e. The second-order valence-electron chi connectivity index (χ2n) is 5.27. The topological polar surface area (TPSA) is 53.5 Å². The molecule has 0 radical (unpaired) electrons. The number of thioether (sulfide) groups is 1. The minimum Gasteiger partial charge on any atom is -0.364 e. The van der Waals surface area contributed by atoms with Gasteiger partial charge in [-0.3, -0.25) is 9.79 Å². The fraction of sp³-hybridized carbons (Fsp3) is 0.833. The van der Waals surface area contributed by atoms with Gasteiger partial charge in [0.05, 0.1) is 6.54 Å². The Labute approximate surface area is 108 Å². The van der Waals surface area contributed by atoms with Crippen LogP contribution in [0.25, 0.3) is 0 Å². The second kappa shape index (κ2) is 6.28. The van der Waals surface area contributed by atoms with Crippen molar-refractivity contribution in [2.45, 2.75) is 51.3 Å². The minimum absolute atomic E-state index is 0.0839. The fourth-order valence-corrected chi connectivity index (χ4v) is 2.46. The molecule has 4 nitrogen and oxygen atoms in total. The van der Waals surface area contributed by atoms with Crippen LogP contribution in [0, 0.1) is 0 Å². The Morgan fingerprint density at radius 3 is 2.76 bits per heavy atom. The van der Waals surface area contributed by atoms with Crippen molar-refractivity contribution in [3.8, 4) is 0 Å². The molecule has 0 spiro atoms. The van der Waals surface area contributed by atoms with Crippen LogP contribution in [0.1, 0.15) is 40.5 Å². The number of rotatable bonds is 4. The highest BCUT2D eigenvalue weighted by atomic mass is 32.2. The highest BCUT2D eigenvalue weighted by molar-refractivity contribution is 8.14. The number of aliphatic imine (C=N–C) groups is 1. The lowest BCUT2D eigenvalue weighted by Gasteiger charge is -2.20. The highest BCUT2D eigenvalue weighted by Crippen LogP contribution is 2.21. The van der Waals surface area contributed by atoms with E-state index in [4.69, 9.17) is 0 Å². The van der Waals surface area contributed by atoms with E-state index in [9.17, 15) is 4.79 Å². The number of carbonyl (C=O) groups is 1. The smallest absolute Gasteiger partial charge is 0.222 e. The molecule has 0 aliphatic carbocycles. The average molecular weight is 257 g/mol. The molecule has 98 valence electrons. The molecule has 17 heavy (non-hydrogen) atoms. The van der Waals surface area contributed by atoms with Crippen LogP contribution in [0.2, 0.25) is 0 Å². The van der Waals surface area contributed by atoms with Crippen molar-refractivity contribution in [1.82, 2.24) is 10.6 Å². The largest absolute Gasteiger partial charge is 0.364 e. The Hall–Kier alpha value is -0.710. The van der Waals surface area contributed by atoms with Crippen LogP contribution in [-0.2, 0) is 4.79 Å².